The molecule has 2 aromatic carbocycles. The highest BCUT2D eigenvalue weighted by Crippen LogP contribution is 2.28. The maximum absolute atomic E-state index is 13.4. The SMILES string of the molecule is O=C(NC1CC(c2cccc(F)c2)NN1)c1cc2cc3ccccc3nc2s1. The number of hydrogen-bond acceptors (Lipinski definition) is 5. The lowest BCUT2D eigenvalue weighted by Crippen LogP contribution is -2.43. The van der Waals surface area contributed by atoms with Gasteiger partial charge in [0, 0.05) is 23.2 Å². The Balaban J connectivity index is 1.32. The van der Waals surface area contributed by atoms with E-state index in [-0.39, 0.29) is 23.9 Å². The molecule has 5 rings (SSSR count). The van der Waals surface area contributed by atoms with E-state index < -0.39 is 0 Å². The monoisotopic (exact) mass is 392 g/mol. The second-order valence-corrected chi connectivity index (χ2v) is 7.87. The van der Waals surface area contributed by atoms with Gasteiger partial charge in [0.15, 0.2) is 0 Å². The van der Waals surface area contributed by atoms with Crippen LogP contribution in [0.3, 0.4) is 0 Å². The maximum Gasteiger partial charge on any atom is 0.262 e. The second kappa shape index (κ2) is 6.94. The number of halogens is 1. The Kier molecular flexibility index (Phi) is 4.27. The van der Waals surface area contributed by atoms with Gasteiger partial charge in [-0.3, -0.25) is 4.79 Å². The number of carbonyl (C=O) groups is 1. The third-order valence-corrected chi connectivity index (χ3v) is 5.94. The molecule has 3 heterocycles. The predicted molar refractivity (Wildman–Crippen MR) is 108 cm³/mol. The van der Waals surface area contributed by atoms with Crippen molar-refractivity contribution in [1.82, 2.24) is 21.2 Å². The van der Waals surface area contributed by atoms with Crippen LogP contribution in [-0.4, -0.2) is 17.1 Å². The summed E-state index contributed by atoms with van der Waals surface area (Å²) in [6.45, 7) is 0. The van der Waals surface area contributed by atoms with Crippen LogP contribution < -0.4 is 16.2 Å². The zero-order valence-electron chi connectivity index (χ0n) is 14.8. The number of nitrogens with one attached hydrogen (secondary N) is 3. The van der Waals surface area contributed by atoms with Crippen LogP contribution in [-0.2, 0) is 0 Å². The summed E-state index contributed by atoms with van der Waals surface area (Å²) in [6.07, 6.45) is 0.389. The molecule has 0 aliphatic carbocycles. The summed E-state index contributed by atoms with van der Waals surface area (Å²) < 4.78 is 13.4. The predicted octanol–water partition coefficient (Wildman–Crippen LogP) is 3.88. The lowest BCUT2D eigenvalue weighted by atomic mass is 10.0. The fourth-order valence-corrected chi connectivity index (χ4v) is 4.43. The number of carbonyl (C=O) groups excluding carboxylic acids is 1. The number of amides is 1. The highest BCUT2D eigenvalue weighted by atomic mass is 32.1. The van der Waals surface area contributed by atoms with Gasteiger partial charge in [-0.25, -0.2) is 20.2 Å². The molecule has 0 spiro atoms. The van der Waals surface area contributed by atoms with E-state index >= 15 is 0 Å². The summed E-state index contributed by atoms with van der Waals surface area (Å²) in [5.74, 6) is -0.414. The molecule has 2 unspecified atom stereocenters. The number of fused-ring (bicyclic) bond motifs is 2. The first-order valence-electron chi connectivity index (χ1n) is 9.02. The summed E-state index contributed by atoms with van der Waals surface area (Å²) in [5, 5.41) is 5.01. The van der Waals surface area contributed by atoms with Gasteiger partial charge in [0.25, 0.3) is 5.91 Å². The van der Waals surface area contributed by atoms with Gasteiger partial charge in [-0.05, 0) is 35.9 Å². The largest absolute Gasteiger partial charge is 0.335 e. The van der Waals surface area contributed by atoms with Crippen molar-refractivity contribution in [3.63, 3.8) is 0 Å². The highest BCUT2D eigenvalue weighted by Gasteiger charge is 2.27. The van der Waals surface area contributed by atoms with Gasteiger partial charge in [0.05, 0.1) is 16.6 Å². The number of nitrogens with zero attached hydrogens (tertiary/aromatic N) is 1. The van der Waals surface area contributed by atoms with Crippen molar-refractivity contribution in [3.8, 4) is 0 Å². The van der Waals surface area contributed by atoms with Crippen molar-refractivity contribution in [2.45, 2.75) is 18.6 Å². The Morgan fingerprint density at radius 3 is 2.86 bits per heavy atom. The maximum atomic E-state index is 13.4. The molecule has 1 aliphatic rings. The molecule has 4 aromatic rings. The van der Waals surface area contributed by atoms with Crippen LogP contribution in [0.1, 0.15) is 27.7 Å². The fraction of sp³-hybridized carbons (Fsp3) is 0.143. The molecule has 7 heteroatoms. The van der Waals surface area contributed by atoms with Crippen molar-refractivity contribution in [2.75, 3.05) is 0 Å². The zero-order chi connectivity index (χ0) is 19.1. The minimum Gasteiger partial charge on any atom is -0.335 e. The molecule has 28 heavy (non-hydrogen) atoms. The molecule has 5 nitrogen and oxygen atoms in total. The average Bonchev–Trinajstić information content (AvgIpc) is 3.32. The molecule has 0 bridgehead atoms. The number of pyridine rings is 1. The van der Waals surface area contributed by atoms with Gasteiger partial charge >= 0.3 is 0 Å². The lowest BCUT2D eigenvalue weighted by molar-refractivity contribution is 0.0936. The Morgan fingerprint density at radius 1 is 1.07 bits per heavy atom. The first-order chi connectivity index (χ1) is 13.7. The molecule has 140 valence electrons. The molecule has 1 amide bonds. The van der Waals surface area contributed by atoms with Gasteiger partial charge in [0.2, 0.25) is 0 Å². The number of hydrazine groups is 1. The van der Waals surface area contributed by atoms with Gasteiger partial charge < -0.3 is 5.32 Å². The van der Waals surface area contributed by atoms with Gasteiger partial charge in [-0.15, -0.1) is 11.3 Å². The molecular formula is C21H17FN4OS. The summed E-state index contributed by atoms with van der Waals surface area (Å²) >= 11 is 1.38. The number of aromatic nitrogens is 1. The van der Waals surface area contributed by atoms with E-state index in [0.717, 1.165) is 26.7 Å². The summed E-state index contributed by atoms with van der Waals surface area (Å²) in [4.78, 5) is 18.8. The molecule has 2 atom stereocenters. The smallest absolute Gasteiger partial charge is 0.262 e. The van der Waals surface area contributed by atoms with Gasteiger partial charge in [-0.2, -0.15) is 0 Å². The summed E-state index contributed by atoms with van der Waals surface area (Å²) in [6, 6.07) is 18.3. The molecular weight excluding hydrogens is 375 g/mol. The van der Waals surface area contributed by atoms with E-state index in [4.69, 9.17) is 0 Å². The molecule has 1 fully saturated rings. The van der Waals surface area contributed by atoms with Crippen LogP contribution in [0.25, 0.3) is 21.1 Å². The lowest BCUT2D eigenvalue weighted by Gasteiger charge is -2.11. The van der Waals surface area contributed by atoms with Crippen molar-refractivity contribution >= 4 is 38.4 Å². The fourth-order valence-electron chi connectivity index (χ4n) is 3.51. The molecule has 2 aromatic heterocycles. The average molecular weight is 392 g/mol. The van der Waals surface area contributed by atoms with Gasteiger partial charge in [0.1, 0.15) is 10.6 Å². The number of para-hydroxylation sites is 1. The third-order valence-electron chi connectivity index (χ3n) is 4.89. The zero-order valence-corrected chi connectivity index (χ0v) is 15.6. The minimum atomic E-state index is -0.267. The van der Waals surface area contributed by atoms with Crippen LogP contribution in [0.5, 0.6) is 0 Å². The van der Waals surface area contributed by atoms with Crippen LogP contribution in [0.2, 0.25) is 0 Å². The Morgan fingerprint density at radius 2 is 1.96 bits per heavy atom. The number of hydrogen-bond donors (Lipinski definition) is 3. The first-order valence-corrected chi connectivity index (χ1v) is 9.84. The van der Waals surface area contributed by atoms with E-state index in [1.165, 1.54) is 23.5 Å². The quantitative estimate of drug-likeness (QED) is 0.495. The van der Waals surface area contributed by atoms with Crippen molar-refractivity contribution < 1.29 is 9.18 Å². The van der Waals surface area contributed by atoms with E-state index in [9.17, 15) is 9.18 Å². The van der Waals surface area contributed by atoms with Crippen LogP contribution in [0.15, 0.2) is 60.7 Å². The summed E-state index contributed by atoms with van der Waals surface area (Å²) in [5.41, 5.74) is 7.95. The minimum absolute atomic E-state index is 0.0598. The van der Waals surface area contributed by atoms with E-state index in [0.29, 0.717) is 11.3 Å². The molecule has 1 saturated heterocycles. The summed E-state index contributed by atoms with van der Waals surface area (Å²) in [7, 11) is 0. The molecule has 1 aliphatic heterocycles. The normalized spacial score (nSPS) is 19.3. The Hall–Kier alpha value is -2.87. The number of benzene rings is 2. The first kappa shape index (κ1) is 17.2. The van der Waals surface area contributed by atoms with Crippen LogP contribution >= 0.6 is 11.3 Å². The van der Waals surface area contributed by atoms with E-state index in [1.54, 1.807) is 6.07 Å². The number of rotatable bonds is 3. The van der Waals surface area contributed by atoms with Crippen molar-refractivity contribution in [2.24, 2.45) is 0 Å². The Bertz CT molecular complexity index is 1140. The molecule has 0 radical (unpaired) electrons. The van der Waals surface area contributed by atoms with E-state index in [2.05, 4.69) is 27.2 Å². The van der Waals surface area contributed by atoms with Crippen LogP contribution in [0, 0.1) is 5.82 Å². The van der Waals surface area contributed by atoms with Crippen molar-refractivity contribution in [1.29, 1.82) is 0 Å². The van der Waals surface area contributed by atoms with E-state index in [1.807, 2.05) is 36.4 Å². The molecule has 0 saturated carbocycles. The van der Waals surface area contributed by atoms with Gasteiger partial charge in [-0.1, -0.05) is 30.3 Å². The molecule has 3 N–H and O–H groups in total. The third kappa shape index (κ3) is 3.24. The van der Waals surface area contributed by atoms with Crippen molar-refractivity contribution in [3.05, 3.63) is 76.9 Å². The Labute approximate surface area is 164 Å². The number of thiophene rings is 1. The standard InChI is InChI=1S/C21H17FN4OS/c22-15-6-3-5-13(9-15)17-11-19(26-25-17)24-20(27)18-10-14-8-12-4-1-2-7-16(12)23-21(14)28-18/h1-10,17,19,25-26H,11H2,(H,24,27). The van der Waals surface area contributed by atoms with Crippen LogP contribution in [0.4, 0.5) is 4.39 Å². The highest BCUT2D eigenvalue weighted by molar-refractivity contribution is 7.20. The topological polar surface area (TPSA) is 66.1 Å². The second-order valence-electron chi connectivity index (χ2n) is 6.84.